The number of carbonyl (C=O) groups excluding carboxylic acids is 1. The standard InChI is InChI=1S/C20H13Cl2N3O2S2/c21-12-3-1-5-14(9-12)23-17(26)11-29-20-24-16-7-8-28-18(16)19(27)25(20)15-6-2-4-13(22)10-15/h1-10H,11H2,(H,23,26). The molecule has 0 aliphatic heterocycles. The zero-order valence-electron chi connectivity index (χ0n) is 14.8. The summed E-state index contributed by atoms with van der Waals surface area (Å²) in [5.74, 6) is -0.149. The second kappa shape index (κ2) is 8.59. The number of fused-ring (bicyclic) bond motifs is 1. The molecule has 29 heavy (non-hydrogen) atoms. The first-order chi connectivity index (χ1) is 14.0. The number of thioether (sulfide) groups is 1. The maximum Gasteiger partial charge on any atom is 0.276 e. The SMILES string of the molecule is O=C(CSc1nc2ccsc2c(=O)n1-c1cccc(Cl)c1)Nc1cccc(Cl)c1. The van der Waals surface area contributed by atoms with Gasteiger partial charge in [-0.3, -0.25) is 14.2 Å². The van der Waals surface area contributed by atoms with Crippen LogP contribution in [0.5, 0.6) is 0 Å². The number of halogens is 2. The fraction of sp³-hybridized carbons (Fsp3) is 0.0500. The molecule has 0 bridgehead atoms. The largest absolute Gasteiger partial charge is 0.325 e. The monoisotopic (exact) mass is 461 g/mol. The summed E-state index contributed by atoms with van der Waals surface area (Å²) in [6.07, 6.45) is 0. The van der Waals surface area contributed by atoms with Gasteiger partial charge in [0.05, 0.1) is 17.0 Å². The van der Waals surface area contributed by atoms with E-state index in [4.69, 9.17) is 23.2 Å². The summed E-state index contributed by atoms with van der Waals surface area (Å²) in [5.41, 5.74) is 1.63. The third kappa shape index (κ3) is 4.48. The van der Waals surface area contributed by atoms with Crippen molar-refractivity contribution in [1.82, 2.24) is 9.55 Å². The van der Waals surface area contributed by atoms with Crippen LogP contribution in [0.2, 0.25) is 10.0 Å². The molecule has 1 amide bonds. The van der Waals surface area contributed by atoms with E-state index in [1.165, 1.54) is 27.7 Å². The first-order valence-corrected chi connectivity index (χ1v) is 11.1. The van der Waals surface area contributed by atoms with Crippen LogP contribution in [0.15, 0.2) is 69.9 Å². The molecule has 0 spiro atoms. The van der Waals surface area contributed by atoms with Crippen LogP contribution in [0.25, 0.3) is 15.9 Å². The molecule has 4 rings (SSSR count). The van der Waals surface area contributed by atoms with Gasteiger partial charge in [0.25, 0.3) is 5.56 Å². The average molecular weight is 462 g/mol. The fourth-order valence-corrected chi connectivity index (χ4v) is 4.67. The Morgan fingerprint density at radius 3 is 2.62 bits per heavy atom. The fourth-order valence-electron chi connectivity index (χ4n) is 2.73. The van der Waals surface area contributed by atoms with Gasteiger partial charge in [-0.25, -0.2) is 4.98 Å². The van der Waals surface area contributed by atoms with Crippen LogP contribution in [0, 0.1) is 0 Å². The number of anilines is 1. The van der Waals surface area contributed by atoms with E-state index in [1.807, 2.05) is 5.38 Å². The molecule has 1 N–H and O–H groups in total. The molecule has 0 saturated carbocycles. The molecule has 0 aliphatic rings. The van der Waals surface area contributed by atoms with E-state index in [1.54, 1.807) is 54.6 Å². The Labute approximate surface area is 184 Å². The van der Waals surface area contributed by atoms with Crippen LogP contribution in [0.4, 0.5) is 5.69 Å². The van der Waals surface area contributed by atoms with Crippen LogP contribution in [-0.2, 0) is 4.79 Å². The lowest BCUT2D eigenvalue weighted by molar-refractivity contribution is -0.113. The Morgan fingerprint density at radius 1 is 1.10 bits per heavy atom. The van der Waals surface area contributed by atoms with Gasteiger partial charge in [0.15, 0.2) is 5.16 Å². The normalized spacial score (nSPS) is 11.0. The maximum atomic E-state index is 13.1. The lowest BCUT2D eigenvalue weighted by atomic mass is 10.3. The number of hydrogen-bond donors (Lipinski definition) is 1. The smallest absolute Gasteiger partial charge is 0.276 e. The van der Waals surface area contributed by atoms with Crippen molar-refractivity contribution < 1.29 is 4.79 Å². The first kappa shape index (κ1) is 20.0. The second-order valence-electron chi connectivity index (χ2n) is 6.00. The Balaban J connectivity index is 1.65. The van der Waals surface area contributed by atoms with E-state index in [0.29, 0.717) is 36.8 Å². The van der Waals surface area contributed by atoms with Crippen molar-refractivity contribution in [2.45, 2.75) is 5.16 Å². The zero-order valence-corrected chi connectivity index (χ0v) is 17.9. The highest BCUT2D eigenvalue weighted by Crippen LogP contribution is 2.25. The van der Waals surface area contributed by atoms with Gasteiger partial charge in [-0.15, -0.1) is 11.3 Å². The number of thiophene rings is 1. The molecule has 9 heteroatoms. The summed E-state index contributed by atoms with van der Waals surface area (Å²) in [6.45, 7) is 0. The molecule has 5 nitrogen and oxygen atoms in total. The van der Waals surface area contributed by atoms with E-state index in [0.717, 1.165) is 0 Å². The lowest BCUT2D eigenvalue weighted by Crippen LogP contribution is -2.22. The Hall–Kier alpha value is -2.32. The summed E-state index contributed by atoms with van der Waals surface area (Å²) in [5, 5.41) is 6.08. The summed E-state index contributed by atoms with van der Waals surface area (Å²) < 4.78 is 2.04. The molecule has 4 aromatic rings. The molecule has 146 valence electrons. The molecular weight excluding hydrogens is 449 g/mol. The number of nitrogens with zero attached hydrogens (tertiary/aromatic N) is 2. The topological polar surface area (TPSA) is 64.0 Å². The summed E-state index contributed by atoms with van der Waals surface area (Å²) in [4.78, 5) is 30.0. The van der Waals surface area contributed by atoms with Crippen molar-refractivity contribution in [1.29, 1.82) is 0 Å². The molecule has 0 aliphatic carbocycles. The highest BCUT2D eigenvalue weighted by Gasteiger charge is 2.16. The Bertz CT molecular complexity index is 1270. The molecular formula is C20H13Cl2N3O2S2. The van der Waals surface area contributed by atoms with Gasteiger partial charge in [-0.05, 0) is 47.8 Å². The summed E-state index contributed by atoms with van der Waals surface area (Å²) in [6, 6.07) is 15.7. The minimum absolute atomic E-state index is 0.0785. The van der Waals surface area contributed by atoms with Gasteiger partial charge in [-0.2, -0.15) is 0 Å². The predicted octanol–water partition coefficient (Wildman–Crippen LogP) is 5.48. The molecule has 0 fully saturated rings. The van der Waals surface area contributed by atoms with Crippen molar-refractivity contribution in [2.75, 3.05) is 11.1 Å². The van der Waals surface area contributed by atoms with E-state index in [9.17, 15) is 9.59 Å². The van der Waals surface area contributed by atoms with Crippen molar-refractivity contribution >= 4 is 68.1 Å². The molecule has 0 radical (unpaired) electrons. The van der Waals surface area contributed by atoms with Gasteiger partial charge < -0.3 is 5.32 Å². The van der Waals surface area contributed by atoms with Gasteiger partial charge in [0.2, 0.25) is 5.91 Å². The molecule has 0 saturated heterocycles. The number of rotatable bonds is 5. The van der Waals surface area contributed by atoms with Gasteiger partial charge in [0.1, 0.15) is 4.70 Å². The number of hydrogen-bond acceptors (Lipinski definition) is 5. The van der Waals surface area contributed by atoms with Crippen LogP contribution in [0.1, 0.15) is 0 Å². The van der Waals surface area contributed by atoms with Crippen LogP contribution in [-0.4, -0.2) is 21.2 Å². The lowest BCUT2D eigenvalue weighted by Gasteiger charge is -2.12. The molecule has 0 atom stereocenters. The second-order valence-corrected chi connectivity index (χ2v) is 8.73. The number of amides is 1. The minimum Gasteiger partial charge on any atom is -0.325 e. The summed E-state index contributed by atoms with van der Waals surface area (Å²) in [7, 11) is 0. The summed E-state index contributed by atoms with van der Waals surface area (Å²) >= 11 is 14.6. The highest BCUT2D eigenvalue weighted by molar-refractivity contribution is 7.99. The van der Waals surface area contributed by atoms with Crippen LogP contribution in [0.3, 0.4) is 0 Å². The quantitative estimate of drug-likeness (QED) is 0.315. The van der Waals surface area contributed by atoms with Gasteiger partial charge in [0, 0.05) is 15.7 Å². The Kier molecular flexibility index (Phi) is 5.91. The van der Waals surface area contributed by atoms with Crippen molar-refractivity contribution in [3.05, 3.63) is 80.4 Å². The third-order valence-corrected chi connectivity index (χ3v) is 6.26. The molecule has 2 aromatic carbocycles. The number of benzene rings is 2. The van der Waals surface area contributed by atoms with Crippen LogP contribution >= 0.6 is 46.3 Å². The van der Waals surface area contributed by atoms with Crippen molar-refractivity contribution in [2.24, 2.45) is 0 Å². The highest BCUT2D eigenvalue weighted by atomic mass is 35.5. The van der Waals surface area contributed by atoms with E-state index >= 15 is 0 Å². The Morgan fingerprint density at radius 2 is 1.86 bits per heavy atom. The third-order valence-electron chi connectivity index (χ3n) is 3.96. The van der Waals surface area contributed by atoms with Crippen LogP contribution < -0.4 is 10.9 Å². The van der Waals surface area contributed by atoms with E-state index in [2.05, 4.69) is 10.3 Å². The van der Waals surface area contributed by atoms with Crippen molar-refractivity contribution in [3.8, 4) is 5.69 Å². The molecule has 2 heterocycles. The first-order valence-electron chi connectivity index (χ1n) is 8.46. The van der Waals surface area contributed by atoms with E-state index < -0.39 is 0 Å². The predicted molar refractivity (Wildman–Crippen MR) is 121 cm³/mol. The maximum absolute atomic E-state index is 13.1. The average Bonchev–Trinajstić information content (AvgIpc) is 3.15. The van der Waals surface area contributed by atoms with E-state index in [-0.39, 0.29) is 17.2 Å². The molecule has 0 unspecified atom stereocenters. The molecule has 2 aromatic heterocycles. The number of aromatic nitrogens is 2. The van der Waals surface area contributed by atoms with Gasteiger partial charge >= 0.3 is 0 Å². The zero-order chi connectivity index (χ0) is 20.4. The van der Waals surface area contributed by atoms with Crippen molar-refractivity contribution in [3.63, 3.8) is 0 Å². The number of nitrogens with one attached hydrogen (secondary N) is 1. The minimum atomic E-state index is -0.227. The number of carbonyl (C=O) groups is 1. The van der Waals surface area contributed by atoms with Gasteiger partial charge in [-0.1, -0.05) is 47.1 Å².